The lowest BCUT2D eigenvalue weighted by atomic mass is 10.2. The summed E-state index contributed by atoms with van der Waals surface area (Å²) in [5, 5.41) is 0.639. The standard InChI is InChI=1S/C11H8Cl2N2O/c12-6-9-5-10(16)15-11(14-9)7-1-3-8(13)4-2-7/h1-5H,6H2,(H,14,15,16). The molecule has 1 N–H and O–H groups in total. The fraction of sp³-hybridized carbons (Fsp3) is 0.0909. The quantitative estimate of drug-likeness (QED) is 0.838. The molecule has 0 saturated heterocycles. The highest BCUT2D eigenvalue weighted by Gasteiger charge is 2.03. The number of benzene rings is 1. The van der Waals surface area contributed by atoms with Crippen molar-refractivity contribution in [2.75, 3.05) is 0 Å². The minimum atomic E-state index is -0.212. The summed E-state index contributed by atoms with van der Waals surface area (Å²) in [7, 11) is 0. The van der Waals surface area contributed by atoms with E-state index in [1.54, 1.807) is 24.3 Å². The highest BCUT2D eigenvalue weighted by Crippen LogP contribution is 2.17. The first-order valence-corrected chi connectivity index (χ1v) is 5.52. The topological polar surface area (TPSA) is 45.8 Å². The number of aromatic nitrogens is 2. The van der Waals surface area contributed by atoms with Crippen LogP contribution in [-0.4, -0.2) is 9.97 Å². The van der Waals surface area contributed by atoms with E-state index in [1.807, 2.05) is 0 Å². The Labute approximate surface area is 102 Å². The van der Waals surface area contributed by atoms with Crippen molar-refractivity contribution >= 4 is 23.2 Å². The molecule has 0 spiro atoms. The van der Waals surface area contributed by atoms with Gasteiger partial charge in [-0.05, 0) is 24.3 Å². The monoisotopic (exact) mass is 254 g/mol. The summed E-state index contributed by atoms with van der Waals surface area (Å²) < 4.78 is 0. The van der Waals surface area contributed by atoms with E-state index < -0.39 is 0 Å². The Morgan fingerprint density at radius 3 is 2.56 bits per heavy atom. The highest BCUT2D eigenvalue weighted by atomic mass is 35.5. The number of alkyl halides is 1. The molecule has 0 aliphatic rings. The average Bonchev–Trinajstić information content (AvgIpc) is 2.29. The number of H-pyrrole nitrogens is 1. The number of hydrogen-bond acceptors (Lipinski definition) is 2. The summed E-state index contributed by atoms with van der Waals surface area (Å²) in [6.07, 6.45) is 0. The number of aromatic amines is 1. The summed E-state index contributed by atoms with van der Waals surface area (Å²) >= 11 is 11.4. The van der Waals surface area contributed by atoms with Crippen LogP contribution in [0.5, 0.6) is 0 Å². The third kappa shape index (κ3) is 2.43. The van der Waals surface area contributed by atoms with Crippen molar-refractivity contribution < 1.29 is 0 Å². The molecule has 2 rings (SSSR count). The van der Waals surface area contributed by atoms with Gasteiger partial charge in [0.2, 0.25) is 0 Å². The molecule has 16 heavy (non-hydrogen) atoms. The van der Waals surface area contributed by atoms with Gasteiger partial charge in [-0.3, -0.25) is 4.79 Å². The minimum absolute atomic E-state index is 0.212. The molecular weight excluding hydrogens is 247 g/mol. The maximum atomic E-state index is 11.3. The second kappa shape index (κ2) is 4.68. The van der Waals surface area contributed by atoms with E-state index in [4.69, 9.17) is 23.2 Å². The molecule has 0 fully saturated rings. The predicted octanol–water partition coefficient (Wildman–Crippen LogP) is 2.83. The minimum Gasteiger partial charge on any atom is -0.307 e. The average molecular weight is 255 g/mol. The molecule has 3 nitrogen and oxygen atoms in total. The molecule has 0 bridgehead atoms. The maximum Gasteiger partial charge on any atom is 0.251 e. The second-order valence-electron chi connectivity index (χ2n) is 3.23. The lowest BCUT2D eigenvalue weighted by Crippen LogP contribution is -2.09. The van der Waals surface area contributed by atoms with Crippen LogP contribution in [0.25, 0.3) is 11.4 Å². The number of nitrogens with one attached hydrogen (secondary N) is 1. The van der Waals surface area contributed by atoms with Gasteiger partial charge in [-0.15, -0.1) is 11.6 Å². The van der Waals surface area contributed by atoms with Gasteiger partial charge in [0.25, 0.3) is 5.56 Å². The summed E-state index contributed by atoms with van der Waals surface area (Å²) in [6.45, 7) is 0. The van der Waals surface area contributed by atoms with Gasteiger partial charge in [0, 0.05) is 16.7 Å². The Bertz CT molecular complexity index is 549. The lowest BCUT2D eigenvalue weighted by molar-refractivity contribution is 1.06. The summed E-state index contributed by atoms with van der Waals surface area (Å²) in [6, 6.07) is 8.44. The van der Waals surface area contributed by atoms with E-state index in [1.165, 1.54) is 6.07 Å². The van der Waals surface area contributed by atoms with Crippen LogP contribution in [0.4, 0.5) is 0 Å². The molecule has 82 valence electrons. The SMILES string of the molecule is O=c1cc(CCl)nc(-c2ccc(Cl)cc2)[nH]1. The Morgan fingerprint density at radius 1 is 1.25 bits per heavy atom. The number of rotatable bonds is 2. The molecule has 0 amide bonds. The van der Waals surface area contributed by atoms with Gasteiger partial charge >= 0.3 is 0 Å². The Morgan fingerprint density at radius 2 is 1.94 bits per heavy atom. The Kier molecular flexibility index (Phi) is 3.27. The van der Waals surface area contributed by atoms with Crippen molar-refractivity contribution in [1.82, 2.24) is 9.97 Å². The van der Waals surface area contributed by atoms with Crippen molar-refractivity contribution in [2.24, 2.45) is 0 Å². The normalized spacial score (nSPS) is 10.4. The zero-order chi connectivity index (χ0) is 11.5. The number of halogens is 2. The molecule has 2 aromatic rings. The largest absolute Gasteiger partial charge is 0.307 e. The van der Waals surface area contributed by atoms with Crippen molar-refractivity contribution in [3.8, 4) is 11.4 Å². The van der Waals surface area contributed by atoms with Gasteiger partial charge in [0.05, 0.1) is 11.6 Å². The third-order valence-electron chi connectivity index (χ3n) is 2.05. The first kappa shape index (κ1) is 11.2. The number of nitrogens with zero attached hydrogens (tertiary/aromatic N) is 1. The van der Waals surface area contributed by atoms with E-state index in [9.17, 15) is 4.79 Å². The molecule has 1 aromatic heterocycles. The molecule has 0 aliphatic carbocycles. The van der Waals surface area contributed by atoms with Crippen molar-refractivity contribution in [3.63, 3.8) is 0 Å². The van der Waals surface area contributed by atoms with E-state index >= 15 is 0 Å². The van der Waals surface area contributed by atoms with Crippen molar-refractivity contribution in [3.05, 3.63) is 51.4 Å². The first-order chi connectivity index (χ1) is 7.69. The smallest absolute Gasteiger partial charge is 0.251 e. The van der Waals surface area contributed by atoms with Gasteiger partial charge in [-0.1, -0.05) is 11.6 Å². The van der Waals surface area contributed by atoms with Crippen LogP contribution in [0.3, 0.4) is 0 Å². The molecule has 0 saturated carbocycles. The third-order valence-corrected chi connectivity index (χ3v) is 2.58. The van der Waals surface area contributed by atoms with Gasteiger partial charge in [-0.2, -0.15) is 0 Å². The molecule has 0 radical (unpaired) electrons. The second-order valence-corrected chi connectivity index (χ2v) is 3.93. The van der Waals surface area contributed by atoms with Crippen LogP contribution in [-0.2, 0) is 5.88 Å². The molecular formula is C11H8Cl2N2O. The summed E-state index contributed by atoms with van der Waals surface area (Å²) in [5.41, 5.74) is 1.14. The predicted molar refractivity (Wildman–Crippen MR) is 64.9 cm³/mol. The zero-order valence-corrected chi connectivity index (χ0v) is 9.72. The highest BCUT2D eigenvalue weighted by molar-refractivity contribution is 6.30. The van der Waals surface area contributed by atoms with E-state index in [0.717, 1.165) is 5.56 Å². The van der Waals surface area contributed by atoms with E-state index in [2.05, 4.69) is 9.97 Å². The summed E-state index contributed by atoms with van der Waals surface area (Å²) in [4.78, 5) is 18.2. The Hall–Kier alpha value is -1.32. The van der Waals surface area contributed by atoms with Gasteiger partial charge in [0.1, 0.15) is 5.82 Å². The van der Waals surface area contributed by atoms with Crippen molar-refractivity contribution in [1.29, 1.82) is 0 Å². The van der Waals surface area contributed by atoms with Crippen LogP contribution in [0.2, 0.25) is 5.02 Å². The molecule has 1 aromatic carbocycles. The fourth-order valence-corrected chi connectivity index (χ4v) is 1.58. The summed E-state index contributed by atoms with van der Waals surface area (Å²) in [5.74, 6) is 0.713. The fourth-order valence-electron chi connectivity index (χ4n) is 1.32. The molecule has 1 heterocycles. The maximum absolute atomic E-state index is 11.3. The van der Waals surface area contributed by atoms with Gasteiger partial charge in [-0.25, -0.2) is 4.98 Å². The lowest BCUT2D eigenvalue weighted by Gasteiger charge is -2.02. The van der Waals surface area contributed by atoms with Crippen LogP contribution >= 0.6 is 23.2 Å². The van der Waals surface area contributed by atoms with E-state index in [-0.39, 0.29) is 11.4 Å². The molecule has 0 unspecified atom stereocenters. The first-order valence-electron chi connectivity index (χ1n) is 4.61. The van der Waals surface area contributed by atoms with Gasteiger partial charge < -0.3 is 4.98 Å². The molecule has 5 heteroatoms. The van der Waals surface area contributed by atoms with Crippen LogP contribution < -0.4 is 5.56 Å². The van der Waals surface area contributed by atoms with Crippen molar-refractivity contribution in [2.45, 2.75) is 5.88 Å². The molecule has 0 atom stereocenters. The van der Waals surface area contributed by atoms with Crippen LogP contribution in [0.15, 0.2) is 35.1 Å². The van der Waals surface area contributed by atoms with E-state index in [0.29, 0.717) is 16.5 Å². The molecule has 0 aliphatic heterocycles. The van der Waals surface area contributed by atoms with Crippen LogP contribution in [0, 0.1) is 0 Å². The zero-order valence-electron chi connectivity index (χ0n) is 8.21. The van der Waals surface area contributed by atoms with Gasteiger partial charge in [0.15, 0.2) is 0 Å². The number of hydrogen-bond donors (Lipinski definition) is 1. The Balaban J connectivity index is 2.51. The van der Waals surface area contributed by atoms with Crippen LogP contribution in [0.1, 0.15) is 5.69 Å².